The van der Waals surface area contributed by atoms with Crippen molar-refractivity contribution in [3.05, 3.63) is 0 Å². The molecule has 0 spiro atoms. The zero-order valence-electron chi connectivity index (χ0n) is 10.4. The molecule has 0 aromatic rings. The molecule has 1 aliphatic heterocycles. The first-order chi connectivity index (χ1) is 7.31. The van der Waals surface area contributed by atoms with Crippen molar-refractivity contribution in [2.45, 2.75) is 58.7 Å². The quantitative estimate of drug-likeness (QED) is 0.621. The fourth-order valence-corrected chi connectivity index (χ4v) is 1.98. The van der Waals surface area contributed by atoms with E-state index in [1.807, 2.05) is 0 Å². The van der Waals surface area contributed by atoms with Crippen LogP contribution in [0.15, 0.2) is 0 Å². The minimum Gasteiger partial charge on any atom is -0.481 e. The molecular formula is C11H22N2O3. The Morgan fingerprint density at radius 3 is 1.88 bits per heavy atom. The first kappa shape index (κ1) is 14.9. The smallest absolute Gasteiger partial charge is 0.300 e. The van der Waals surface area contributed by atoms with Gasteiger partial charge in [0.2, 0.25) is 5.91 Å². The van der Waals surface area contributed by atoms with Gasteiger partial charge in [-0.2, -0.15) is 0 Å². The SMILES string of the molecule is CC(=O)NC1C[C@@H](C)N[C@@H](C)C1.CC(=O)O. The Bertz CT molecular complexity index is 229. The van der Waals surface area contributed by atoms with Crippen LogP contribution in [0, 0.1) is 0 Å². The standard InChI is InChI=1S/C9H18N2O.C2H4O2/c1-6-4-9(11-8(3)12)5-7(2)10-6;1-2(3)4/h6-7,9-10H,4-5H2,1-3H3,(H,11,12);1H3,(H,3,4)/t6-,7+,9?;. The number of carbonyl (C=O) groups excluding carboxylic acids is 1. The molecule has 0 bridgehead atoms. The molecule has 0 aliphatic carbocycles. The van der Waals surface area contributed by atoms with Crippen LogP contribution in [0.5, 0.6) is 0 Å². The van der Waals surface area contributed by atoms with Gasteiger partial charge in [0.25, 0.3) is 5.97 Å². The maximum atomic E-state index is 10.8. The topological polar surface area (TPSA) is 78.4 Å². The molecule has 1 saturated heterocycles. The average molecular weight is 230 g/mol. The van der Waals surface area contributed by atoms with Gasteiger partial charge in [0.1, 0.15) is 0 Å². The van der Waals surface area contributed by atoms with Crippen LogP contribution in [-0.2, 0) is 9.59 Å². The number of carboxylic acids is 1. The highest BCUT2D eigenvalue weighted by Crippen LogP contribution is 2.12. The average Bonchev–Trinajstić information content (AvgIpc) is 1.97. The highest BCUT2D eigenvalue weighted by Gasteiger charge is 2.23. The molecule has 0 aromatic carbocycles. The molecule has 5 heteroatoms. The highest BCUT2D eigenvalue weighted by atomic mass is 16.4. The summed E-state index contributed by atoms with van der Waals surface area (Å²) in [6.45, 7) is 6.98. The molecule has 3 atom stereocenters. The highest BCUT2D eigenvalue weighted by molar-refractivity contribution is 5.73. The molecule has 1 fully saturated rings. The van der Waals surface area contributed by atoms with Crippen molar-refractivity contribution < 1.29 is 14.7 Å². The van der Waals surface area contributed by atoms with Crippen LogP contribution in [0.4, 0.5) is 0 Å². The van der Waals surface area contributed by atoms with E-state index >= 15 is 0 Å². The monoisotopic (exact) mass is 230 g/mol. The van der Waals surface area contributed by atoms with Crippen LogP contribution in [0.1, 0.15) is 40.5 Å². The Kier molecular flexibility index (Phi) is 6.72. The van der Waals surface area contributed by atoms with Gasteiger partial charge in [-0.3, -0.25) is 9.59 Å². The Hall–Kier alpha value is -1.10. The molecular weight excluding hydrogens is 208 g/mol. The molecule has 1 unspecified atom stereocenters. The third-order valence-electron chi connectivity index (χ3n) is 2.25. The minimum absolute atomic E-state index is 0.0845. The minimum atomic E-state index is -0.833. The third-order valence-corrected chi connectivity index (χ3v) is 2.25. The summed E-state index contributed by atoms with van der Waals surface area (Å²) in [4.78, 5) is 19.8. The molecule has 0 aromatic heterocycles. The van der Waals surface area contributed by atoms with E-state index < -0.39 is 5.97 Å². The number of amides is 1. The summed E-state index contributed by atoms with van der Waals surface area (Å²) in [5, 5.41) is 13.8. The van der Waals surface area contributed by atoms with Gasteiger partial charge >= 0.3 is 0 Å². The molecule has 1 rings (SSSR count). The van der Waals surface area contributed by atoms with Crippen LogP contribution in [0.3, 0.4) is 0 Å². The summed E-state index contributed by atoms with van der Waals surface area (Å²) >= 11 is 0. The Morgan fingerprint density at radius 2 is 1.56 bits per heavy atom. The molecule has 94 valence electrons. The van der Waals surface area contributed by atoms with Crippen LogP contribution in [-0.4, -0.2) is 35.1 Å². The van der Waals surface area contributed by atoms with E-state index in [2.05, 4.69) is 24.5 Å². The van der Waals surface area contributed by atoms with Crippen molar-refractivity contribution >= 4 is 11.9 Å². The molecule has 3 N–H and O–H groups in total. The Labute approximate surface area is 96.6 Å². The predicted octanol–water partition coefficient (Wildman–Crippen LogP) is 0.742. The number of hydrogen-bond donors (Lipinski definition) is 3. The lowest BCUT2D eigenvalue weighted by Crippen LogP contribution is -2.50. The van der Waals surface area contributed by atoms with Crippen molar-refractivity contribution in [2.75, 3.05) is 0 Å². The third kappa shape index (κ3) is 8.23. The number of hydrogen-bond acceptors (Lipinski definition) is 3. The van der Waals surface area contributed by atoms with Gasteiger partial charge in [-0.05, 0) is 26.7 Å². The van der Waals surface area contributed by atoms with E-state index in [0.29, 0.717) is 18.1 Å². The second kappa shape index (κ2) is 7.22. The summed E-state index contributed by atoms with van der Waals surface area (Å²) in [5.41, 5.74) is 0. The Morgan fingerprint density at radius 1 is 1.19 bits per heavy atom. The molecule has 1 aliphatic rings. The van der Waals surface area contributed by atoms with Crippen LogP contribution in [0.25, 0.3) is 0 Å². The second-order valence-corrected chi connectivity index (χ2v) is 4.36. The van der Waals surface area contributed by atoms with E-state index in [0.717, 1.165) is 19.8 Å². The lowest BCUT2D eigenvalue weighted by Gasteiger charge is -2.33. The van der Waals surface area contributed by atoms with Gasteiger partial charge in [-0.15, -0.1) is 0 Å². The summed E-state index contributed by atoms with van der Waals surface area (Å²) in [7, 11) is 0. The van der Waals surface area contributed by atoms with Crippen molar-refractivity contribution in [2.24, 2.45) is 0 Å². The Balaban J connectivity index is 0.000000487. The van der Waals surface area contributed by atoms with Gasteiger partial charge in [-0.1, -0.05) is 0 Å². The largest absolute Gasteiger partial charge is 0.481 e. The van der Waals surface area contributed by atoms with Crippen molar-refractivity contribution in [1.82, 2.24) is 10.6 Å². The molecule has 0 saturated carbocycles. The van der Waals surface area contributed by atoms with E-state index in [4.69, 9.17) is 9.90 Å². The first-order valence-corrected chi connectivity index (χ1v) is 5.54. The van der Waals surface area contributed by atoms with Crippen molar-refractivity contribution in [3.63, 3.8) is 0 Å². The predicted molar refractivity (Wildman–Crippen MR) is 62.2 cm³/mol. The second-order valence-electron chi connectivity index (χ2n) is 4.36. The first-order valence-electron chi connectivity index (χ1n) is 5.54. The van der Waals surface area contributed by atoms with Gasteiger partial charge < -0.3 is 15.7 Å². The number of nitrogens with one attached hydrogen (secondary N) is 2. The van der Waals surface area contributed by atoms with E-state index in [-0.39, 0.29) is 5.91 Å². The normalized spacial score (nSPS) is 28.6. The fourth-order valence-electron chi connectivity index (χ4n) is 1.98. The molecule has 16 heavy (non-hydrogen) atoms. The summed E-state index contributed by atoms with van der Waals surface area (Å²) in [5.74, 6) is -0.749. The molecule has 1 heterocycles. The number of rotatable bonds is 1. The van der Waals surface area contributed by atoms with Gasteiger partial charge in [-0.25, -0.2) is 0 Å². The lowest BCUT2D eigenvalue weighted by atomic mass is 9.95. The van der Waals surface area contributed by atoms with Gasteiger partial charge in [0.05, 0.1) is 0 Å². The molecule has 1 amide bonds. The van der Waals surface area contributed by atoms with Crippen LogP contribution >= 0.6 is 0 Å². The van der Waals surface area contributed by atoms with E-state index in [9.17, 15) is 4.79 Å². The number of piperidine rings is 1. The van der Waals surface area contributed by atoms with E-state index in [1.54, 1.807) is 6.92 Å². The lowest BCUT2D eigenvalue weighted by molar-refractivity contribution is -0.134. The maximum Gasteiger partial charge on any atom is 0.300 e. The number of carboxylic acid groups (broad SMARTS) is 1. The van der Waals surface area contributed by atoms with Crippen molar-refractivity contribution in [3.8, 4) is 0 Å². The van der Waals surface area contributed by atoms with E-state index in [1.165, 1.54) is 0 Å². The maximum absolute atomic E-state index is 10.8. The summed E-state index contributed by atoms with van der Waals surface area (Å²) < 4.78 is 0. The fraction of sp³-hybridized carbons (Fsp3) is 0.818. The summed E-state index contributed by atoms with van der Waals surface area (Å²) in [6, 6.07) is 1.41. The van der Waals surface area contributed by atoms with Gasteiger partial charge in [0, 0.05) is 32.0 Å². The number of carbonyl (C=O) groups is 2. The van der Waals surface area contributed by atoms with Crippen LogP contribution < -0.4 is 10.6 Å². The zero-order chi connectivity index (χ0) is 12.7. The molecule has 5 nitrogen and oxygen atoms in total. The van der Waals surface area contributed by atoms with Crippen LogP contribution in [0.2, 0.25) is 0 Å². The number of aliphatic carboxylic acids is 1. The van der Waals surface area contributed by atoms with Crippen molar-refractivity contribution in [1.29, 1.82) is 0 Å². The zero-order valence-corrected chi connectivity index (χ0v) is 10.4. The van der Waals surface area contributed by atoms with Gasteiger partial charge in [0.15, 0.2) is 0 Å². The summed E-state index contributed by atoms with van der Waals surface area (Å²) in [6.07, 6.45) is 2.09. The molecule has 0 radical (unpaired) electrons.